The minimum absolute atomic E-state index is 0.656. The molecule has 0 atom stereocenters. The van der Waals surface area contributed by atoms with E-state index in [9.17, 15) is 0 Å². The van der Waals surface area contributed by atoms with E-state index in [0.717, 1.165) is 32.5 Å². The molecule has 108 valence electrons. The van der Waals surface area contributed by atoms with Crippen LogP contribution in [0.2, 0.25) is 0 Å². The van der Waals surface area contributed by atoms with Crippen molar-refractivity contribution in [3.8, 4) is 5.75 Å². The molecule has 3 aromatic rings. The van der Waals surface area contributed by atoms with Crippen molar-refractivity contribution in [1.29, 1.82) is 0 Å². The molecule has 5 heteroatoms. The number of rotatable bonds is 4. The summed E-state index contributed by atoms with van der Waals surface area (Å²) in [5.74, 6) is 0.852. The van der Waals surface area contributed by atoms with Crippen LogP contribution in [0.25, 0.3) is 11.0 Å². The molecule has 0 aliphatic heterocycles. The van der Waals surface area contributed by atoms with Crippen molar-refractivity contribution in [3.63, 3.8) is 0 Å². The largest absolute Gasteiger partial charge is 0.494 e. The van der Waals surface area contributed by atoms with Crippen molar-refractivity contribution in [3.05, 3.63) is 42.0 Å². The first-order valence-electron chi connectivity index (χ1n) is 6.82. The monoisotopic (exact) mass is 299 g/mol. The lowest BCUT2D eigenvalue weighted by Gasteiger charge is -2.03. The smallest absolute Gasteiger partial charge is 0.171 e. The number of fused-ring (bicyclic) bond motifs is 1. The molecule has 0 saturated heterocycles. The third kappa shape index (κ3) is 2.97. The van der Waals surface area contributed by atoms with Gasteiger partial charge in [0.15, 0.2) is 5.16 Å². The minimum Gasteiger partial charge on any atom is -0.494 e. The fourth-order valence-electron chi connectivity index (χ4n) is 2.10. The number of anilines is 1. The molecule has 0 aliphatic carbocycles. The van der Waals surface area contributed by atoms with Crippen LogP contribution in [0.5, 0.6) is 5.75 Å². The molecule has 0 amide bonds. The number of H-pyrrole nitrogens is 1. The van der Waals surface area contributed by atoms with Crippen molar-refractivity contribution >= 4 is 28.5 Å². The summed E-state index contributed by atoms with van der Waals surface area (Å²) in [6.07, 6.45) is 0. The summed E-state index contributed by atoms with van der Waals surface area (Å²) >= 11 is 1.59. The second-order valence-electron chi connectivity index (χ2n) is 4.78. The SMILES string of the molecule is CCOc1ccc2nc(Sc3cc(N)ccc3C)[nH]c2c1. The van der Waals surface area contributed by atoms with E-state index in [1.165, 1.54) is 5.56 Å². The summed E-state index contributed by atoms with van der Waals surface area (Å²) in [6, 6.07) is 11.8. The summed E-state index contributed by atoms with van der Waals surface area (Å²) in [7, 11) is 0. The van der Waals surface area contributed by atoms with Crippen LogP contribution in [-0.4, -0.2) is 16.6 Å². The molecule has 3 N–H and O–H groups in total. The maximum Gasteiger partial charge on any atom is 0.171 e. The van der Waals surface area contributed by atoms with Crippen LogP contribution >= 0.6 is 11.8 Å². The highest BCUT2D eigenvalue weighted by Crippen LogP contribution is 2.31. The second kappa shape index (κ2) is 5.69. The maximum atomic E-state index is 5.85. The summed E-state index contributed by atoms with van der Waals surface area (Å²) in [4.78, 5) is 9.02. The summed E-state index contributed by atoms with van der Waals surface area (Å²) in [5, 5.41) is 0.854. The lowest BCUT2D eigenvalue weighted by Crippen LogP contribution is -1.90. The van der Waals surface area contributed by atoms with Crippen LogP contribution in [0.4, 0.5) is 5.69 Å². The van der Waals surface area contributed by atoms with Gasteiger partial charge in [-0.15, -0.1) is 0 Å². The van der Waals surface area contributed by atoms with Crippen molar-refractivity contribution < 1.29 is 4.74 Å². The standard InChI is InChI=1S/C16H17N3OS/c1-3-20-12-6-7-13-14(9-12)19-16(18-13)21-15-8-11(17)5-4-10(15)2/h4-9H,3,17H2,1-2H3,(H,18,19). The van der Waals surface area contributed by atoms with Crippen molar-refractivity contribution in [1.82, 2.24) is 9.97 Å². The fraction of sp³-hybridized carbons (Fsp3) is 0.188. The van der Waals surface area contributed by atoms with Crippen LogP contribution < -0.4 is 10.5 Å². The van der Waals surface area contributed by atoms with Gasteiger partial charge in [0.2, 0.25) is 0 Å². The van der Waals surface area contributed by atoms with E-state index in [2.05, 4.69) is 16.9 Å². The molecule has 0 aliphatic rings. The molecule has 0 saturated carbocycles. The number of imidazole rings is 1. The third-order valence-corrected chi connectivity index (χ3v) is 4.21. The van der Waals surface area contributed by atoms with E-state index in [1.807, 2.05) is 43.3 Å². The molecule has 1 aromatic heterocycles. The number of aromatic nitrogens is 2. The molecule has 21 heavy (non-hydrogen) atoms. The number of nitrogens with one attached hydrogen (secondary N) is 1. The van der Waals surface area contributed by atoms with Gasteiger partial charge in [-0.25, -0.2) is 4.98 Å². The van der Waals surface area contributed by atoms with Crippen molar-refractivity contribution in [2.75, 3.05) is 12.3 Å². The minimum atomic E-state index is 0.656. The summed E-state index contributed by atoms with van der Waals surface area (Å²) < 4.78 is 5.51. The zero-order chi connectivity index (χ0) is 14.8. The van der Waals surface area contributed by atoms with Crippen LogP contribution in [0.3, 0.4) is 0 Å². The Morgan fingerprint density at radius 1 is 1.24 bits per heavy atom. The van der Waals surface area contributed by atoms with Gasteiger partial charge in [0.05, 0.1) is 17.6 Å². The summed E-state index contributed by atoms with van der Waals surface area (Å²) in [6.45, 7) is 4.70. The van der Waals surface area contributed by atoms with Gasteiger partial charge in [0.25, 0.3) is 0 Å². The van der Waals surface area contributed by atoms with Gasteiger partial charge in [-0.05, 0) is 43.7 Å². The predicted octanol–water partition coefficient (Wildman–Crippen LogP) is 4.00. The van der Waals surface area contributed by atoms with Gasteiger partial charge in [0.1, 0.15) is 5.75 Å². The molecular weight excluding hydrogens is 282 g/mol. The van der Waals surface area contributed by atoms with E-state index < -0.39 is 0 Å². The molecule has 1 heterocycles. The molecule has 2 aromatic carbocycles. The number of hydrogen-bond acceptors (Lipinski definition) is 4. The van der Waals surface area contributed by atoms with Crippen molar-refractivity contribution in [2.24, 2.45) is 0 Å². The van der Waals surface area contributed by atoms with Crippen LogP contribution in [0.1, 0.15) is 12.5 Å². The number of aryl methyl sites for hydroxylation is 1. The Balaban J connectivity index is 1.92. The molecule has 3 rings (SSSR count). The Morgan fingerprint density at radius 3 is 2.90 bits per heavy atom. The van der Waals surface area contributed by atoms with Crippen LogP contribution in [0.15, 0.2) is 46.5 Å². The average Bonchev–Trinajstić information content (AvgIpc) is 2.85. The first-order valence-corrected chi connectivity index (χ1v) is 7.64. The highest BCUT2D eigenvalue weighted by molar-refractivity contribution is 7.99. The van der Waals surface area contributed by atoms with Gasteiger partial charge in [0, 0.05) is 16.6 Å². The van der Waals surface area contributed by atoms with E-state index in [4.69, 9.17) is 10.5 Å². The Labute approximate surface area is 127 Å². The number of nitrogens with zero attached hydrogens (tertiary/aromatic N) is 1. The number of hydrogen-bond donors (Lipinski definition) is 2. The summed E-state index contributed by atoms with van der Waals surface area (Å²) in [5.41, 5.74) is 9.71. The Bertz CT molecular complexity index is 782. The number of nitrogens with two attached hydrogens (primary N) is 1. The number of nitrogen functional groups attached to an aromatic ring is 1. The van der Waals surface area contributed by atoms with Gasteiger partial charge in [-0.2, -0.15) is 0 Å². The van der Waals surface area contributed by atoms with Crippen LogP contribution in [-0.2, 0) is 0 Å². The van der Waals surface area contributed by atoms with Gasteiger partial charge < -0.3 is 15.5 Å². The maximum absolute atomic E-state index is 5.85. The molecule has 0 radical (unpaired) electrons. The lowest BCUT2D eigenvalue weighted by atomic mass is 10.2. The Kier molecular flexibility index (Phi) is 3.75. The second-order valence-corrected chi connectivity index (χ2v) is 5.81. The zero-order valence-corrected chi connectivity index (χ0v) is 12.8. The molecular formula is C16H17N3OS. The van der Waals surface area contributed by atoms with Crippen molar-refractivity contribution in [2.45, 2.75) is 23.9 Å². The molecule has 0 fully saturated rings. The van der Waals surface area contributed by atoms with E-state index >= 15 is 0 Å². The predicted molar refractivity (Wildman–Crippen MR) is 87.0 cm³/mol. The highest BCUT2D eigenvalue weighted by atomic mass is 32.2. The van der Waals surface area contributed by atoms with E-state index in [-0.39, 0.29) is 0 Å². The number of benzene rings is 2. The quantitative estimate of drug-likeness (QED) is 0.715. The lowest BCUT2D eigenvalue weighted by molar-refractivity contribution is 0.340. The van der Waals surface area contributed by atoms with E-state index in [0.29, 0.717) is 6.61 Å². The average molecular weight is 299 g/mol. The third-order valence-electron chi connectivity index (χ3n) is 3.16. The van der Waals surface area contributed by atoms with Gasteiger partial charge >= 0.3 is 0 Å². The highest BCUT2D eigenvalue weighted by Gasteiger charge is 2.08. The molecule has 0 spiro atoms. The van der Waals surface area contributed by atoms with Gasteiger partial charge in [-0.1, -0.05) is 17.8 Å². The number of ether oxygens (including phenoxy) is 1. The van der Waals surface area contributed by atoms with E-state index in [1.54, 1.807) is 11.8 Å². The fourth-order valence-corrected chi connectivity index (χ4v) is 3.04. The van der Waals surface area contributed by atoms with Crippen LogP contribution in [0, 0.1) is 6.92 Å². The molecule has 0 unspecified atom stereocenters. The number of aromatic amines is 1. The normalized spacial score (nSPS) is 11.0. The van der Waals surface area contributed by atoms with Gasteiger partial charge in [-0.3, -0.25) is 0 Å². The molecule has 0 bridgehead atoms. The zero-order valence-electron chi connectivity index (χ0n) is 12.0. The Morgan fingerprint density at radius 2 is 2.10 bits per heavy atom. The molecule has 4 nitrogen and oxygen atoms in total. The first kappa shape index (κ1) is 13.8. The topological polar surface area (TPSA) is 63.9 Å². The first-order chi connectivity index (χ1) is 10.2. The Hall–Kier alpha value is -2.14.